The van der Waals surface area contributed by atoms with Gasteiger partial charge in [-0.1, -0.05) is 54.6 Å². The minimum Gasteiger partial charge on any atom is -0.431 e. The van der Waals surface area contributed by atoms with E-state index in [1.54, 1.807) is 22.5 Å². The Labute approximate surface area is 203 Å². The van der Waals surface area contributed by atoms with E-state index in [0.717, 1.165) is 25.7 Å². The SMILES string of the molecule is O=C(CSc1nc2cc(S(=O)(=O)N3CCCCC3)ccc2o1)N1CC=C(c2ccccc2)CC1. The zero-order valence-electron chi connectivity index (χ0n) is 18.9. The largest absolute Gasteiger partial charge is 0.431 e. The Kier molecular flexibility index (Phi) is 6.76. The van der Waals surface area contributed by atoms with Gasteiger partial charge in [0.1, 0.15) is 5.52 Å². The van der Waals surface area contributed by atoms with Gasteiger partial charge in [0, 0.05) is 26.2 Å². The lowest BCUT2D eigenvalue weighted by atomic mass is 10.00. The number of rotatable bonds is 6. The fraction of sp³-hybridized carbons (Fsp3) is 0.360. The van der Waals surface area contributed by atoms with Gasteiger partial charge in [-0.3, -0.25) is 4.79 Å². The Hall–Kier alpha value is -2.62. The van der Waals surface area contributed by atoms with Crippen LogP contribution in [0.25, 0.3) is 16.7 Å². The van der Waals surface area contributed by atoms with Crippen molar-refractivity contribution in [1.82, 2.24) is 14.2 Å². The number of piperidine rings is 1. The van der Waals surface area contributed by atoms with Crippen LogP contribution in [-0.2, 0) is 14.8 Å². The highest BCUT2D eigenvalue weighted by Crippen LogP contribution is 2.28. The van der Waals surface area contributed by atoms with E-state index in [0.29, 0.717) is 42.5 Å². The number of nitrogens with zero attached hydrogens (tertiary/aromatic N) is 3. The molecule has 178 valence electrons. The van der Waals surface area contributed by atoms with Crippen molar-refractivity contribution < 1.29 is 17.6 Å². The van der Waals surface area contributed by atoms with Crippen molar-refractivity contribution in [2.45, 2.75) is 35.8 Å². The van der Waals surface area contributed by atoms with Crippen molar-refractivity contribution in [2.24, 2.45) is 0 Å². The van der Waals surface area contributed by atoms with Gasteiger partial charge >= 0.3 is 0 Å². The Bertz CT molecular complexity index is 1310. The molecule has 3 heterocycles. The van der Waals surface area contributed by atoms with Crippen LogP contribution in [0.3, 0.4) is 0 Å². The van der Waals surface area contributed by atoms with Crippen LogP contribution in [0.2, 0.25) is 0 Å². The van der Waals surface area contributed by atoms with Gasteiger partial charge in [0.25, 0.3) is 5.22 Å². The highest BCUT2D eigenvalue weighted by Gasteiger charge is 2.27. The van der Waals surface area contributed by atoms with Gasteiger partial charge in [-0.2, -0.15) is 4.31 Å². The second-order valence-electron chi connectivity index (χ2n) is 8.55. The summed E-state index contributed by atoms with van der Waals surface area (Å²) < 4.78 is 33.2. The number of amides is 1. The zero-order valence-corrected chi connectivity index (χ0v) is 20.5. The predicted octanol–water partition coefficient (Wildman–Crippen LogP) is 4.41. The van der Waals surface area contributed by atoms with Gasteiger partial charge in [-0.05, 0) is 48.6 Å². The van der Waals surface area contributed by atoms with E-state index in [-0.39, 0.29) is 16.6 Å². The standard InChI is InChI=1S/C25H27N3O4S2/c29-24(27-15-11-20(12-16-27)19-7-3-1-4-8-19)18-33-25-26-22-17-21(9-10-23(22)32-25)34(30,31)28-13-5-2-6-14-28/h1,3-4,7-11,17H,2,5-6,12-16,18H2. The molecule has 0 N–H and O–H groups in total. The number of aromatic nitrogens is 1. The first-order valence-electron chi connectivity index (χ1n) is 11.6. The molecular formula is C25H27N3O4S2. The van der Waals surface area contributed by atoms with Crippen molar-refractivity contribution in [3.8, 4) is 0 Å². The van der Waals surface area contributed by atoms with Crippen molar-refractivity contribution in [3.05, 3.63) is 60.2 Å². The molecular weight excluding hydrogens is 470 g/mol. The van der Waals surface area contributed by atoms with E-state index in [2.05, 4.69) is 23.2 Å². The normalized spacial score (nSPS) is 17.6. The molecule has 3 aromatic rings. The number of sulfonamides is 1. The second kappa shape index (κ2) is 9.93. The Morgan fingerprint density at radius 3 is 2.56 bits per heavy atom. The number of carbonyl (C=O) groups is 1. The average Bonchev–Trinajstić information content (AvgIpc) is 3.31. The molecule has 1 saturated heterocycles. The van der Waals surface area contributed by atoms with Crippen LogP contribution in [0.15, 0.2) is 69.1 Å². The Morgan fingerprint density at radius 2 is 1.82 bits per heavy atom. The van der Waals surface area contributed by atoms with Crippen LogP contribution in [0.5, 0.6) is 0 Å². The van der Waals surface area contributed by atoms with E-state index in [9.17, 15) is 13.2 Å². The lowest BCUT2D eigenvalue weighted by Gasteiger charge is -2.26. The van der Waals surface area contributed by atoms with Gasteiger partial charge in [0.15, 0.2) is 5.58 Å². The van der Waals surface area contributed by atoms with Gasteiger partial charge in [0.05, 0.1) is 10.6 Å². The fourth-order valence-electron chi connectivity index (χ4n) is 4.39. The molecule has 0 saturated carbocycles. The van der Waals surface area contributed by atoms with Gasteiger partial charge in [-0.15, -0.1) is 0 Å². The molecule has 0 atom stereocenters. The minimum absolute atomic E-state index is 0.0315. The van der Waals surface area contributed by atoms with Crippen molar-refractivity contribution in [1.29, 1.82) is 0 Å². The summed E-state index contributed by atoms with van der Waals surface area (Å²) in [5.41, 5.74) is 3.48. The summed E-state index contributed by atoms with van der Waals surface area (Å²) in [5, 5.41) is 0.369. The third kappa shape index (κ3) is 4.92. The topological polar surface area (TPSA) is 83.7 Å². The fourth-order valence-corrected chi connectivity index (χ4v) is 6.67. The summed E-state index contributed by atoms with van der Waals surface area (Å²) in [5.74, 6) is 0.254. The van der Waals surface area contributed by atoms with E-state index in [1.165, 1.54) is 22.9 Å². The lowest BCUT2D eigenvalue weighted by Crippen LogP contribution is -2.35. The summed E-state index contributed by atoms with van der Waals surface area (Å²) in [7, 11) is -3.53. The van der Waals surface area contributed by atoms with Crippen LogP contribution >= 0.6 is 11.8 Å². The molecule has 0 aliphatic carbocycles. The lowest BCUT2D eigenvalue weighted by molar-refractivity contribution is -0.127. The number of hydrogen-bond acceptors (Lipinski definition) is 6. The maximum atomic E-state index is 12.9. The third-order valence-electron chi connectivity index (χ3n) is 6.32. The molecule has 2 aliphatic rings. The summed E-state index contributed by atoms with van der Waals surface area (Å²) in [6, 6.07) is 15.0. The van der Waals surface area contributed by atoms with E-state index >= 15 is 0 Å². The van der Waals surface area contributed by atoms with E-state index in [4.69, 9.17) is 4.42 Å². The maximum absolute atomic E-state index is 12.9. The number of benzene rings is 2. The molecule has 1 aromatic heterocycles. The third-order valence-corrected chi connectivity index (χ3v) is 9.03. The summed E-state index contributed by atoms with van der Waals surface area (Å²) in [4.78, 5) is 19.2. The zero-order chi connectivity index (χ0) is 23.5. The first-order chi connectivity index (χ1) is 16.5. The Balaban J connectivity index is 1.22. The van der Waals surface area contributed by atoms with E-state index < -0.39 is 10.0 Å². The van der Waals surface area contributed by atoms with Crippen LogP contribution in [0, 0.1) is 0 Å². The van der Waals surface area contributed by atoms with Crippen molar-refractivity contribution >= 4 is 44.4 Å². The highest BCUT2D eigenvalue weighted by atomic mass is 32.2. The number of oxazole rings is 1. The quantitative estimate of drug-likeness (QED) is 0.469. The van der Waals surface area contributed by atoms with Crippen molar-refractivity contribution in [3.63, 3.8) is 0 Å². The monoisotopic (exact) mass is 497 g/mol. The molecule has 5 rings (SSSR count). The number of thioether (sulfide) groups is 1. The first kappa shape index (κ1) is 23.1. The first-order valence-corrected chi connectivity index (χ1v) is 14.0. The van der Waals surface area contributed by atoms with E-state index in [1.807, 2.05) is 23.1 Å². The average molecular weight is 498 g/mol. The molecule has 1 fully saturated rings. The molecule has 9 heteroatoms. The van der Waals surface area contributed by atoms with Crippen LogP contribution < -0.4 is 0 Å². The number of fused-ring (bicyclic) bond motifs is 1. The smallest absolute Gasteiger partial charge is 0.257 e. The van der Waals surface area contributed by atoms with Gasteiger partial charge < -0.3 is 9.32 Å². The van der Waals surface area contributed by atoms with Gasteiger partial charge in [0.2, 0.25) is 15.9 Å². The minimum atomic E-state index is -3.53. The summed E-state index contributed by atoms with van der Waals surface area (Å²) >= 11 is 1.24. The molecule has 0 spiro atoms. The van der Waals surface area contributed by atoms with Crippen molar-refractivity contribution in [2.75, 3.05) is 31.9 Å². The molecule has 0 radical (unpaired) electrons. The predicted molar refractivity (Wildman–Crippen MR) is 133 cm³/mol. The molecule has 2 aromatic carbocycles. The molecule has 0 bridgehead atoms. The summed E-state index contributed by atoms with van der Waals surface area (Å²) in [6.07, 6.45) is 5.79. The second-order valence-corrected chi connectivity index (χ2v) is 11.4. The van der Waals surface area contributed by atoms with Crippen LogP contribution in [-0.4, -0.2) is 60.4 Å². The highest BCUT2D eigenvalue weighted by molar-refractivity contribution is 7.99. The molecule has 2 aliphatic heterocycles. The van der Waals surface area contributed by atoms with Crippen LogP contribution in [0.1, 0.15) is 31.2 Å². The molecule has 7 nitrogen and oxygen atoms in total. The van der Waals surface area contributed by atoms with Gasteiger partial charge in [-0.25, -0.2) is 13.4 Å². The van der Waals surface area contributed by atoms with Crippen LogP contribution in [0.4, 0.5) is 0 Å². The maximum Gasteiger partial charge on any atom is 0.257 e. The molecule has 1 amide bonds. The molecule has 34 heavy (non-hydrogen) atoms. The Morgan fingerprint density at radius 1 is 1.03 bits per heavy atom. The molecule has 0 unspecified atom stereocenters. The number of hydrogen-bond donors (Lipinski definition) is 0. The summed E-state index contributed by atoms with van der Waals surface area (Å²) in [6.45, 7) is 2.39. The number of carbonyl (C=O) groups excluding carboxylic acids is 1.